The Kier molecular flexibility index (Phi) is 10.7. The lowest BCUT2D eigenvalue weighted by Gasteiger charge is -2.22. The maximum absolute atomic E-state index is 11.6. The molecule has 2 aromatic carbocycles. The van der Waals surface area contributed by atoms with Gasteiger partial charge in [0, 0.05) is 38.3 Å². The standard InChI is InChI=1S/C20H25ClN4O2.HI/c1-22-19(26)16-6-4-15(5-7-16)14-24-20(23-2)25(3)12-13-27-18-10-8-17(21)9-11-18;/h4-11H,12-14H2,1-3H3,(H,22,26)(H,23,24);1H. The van der Waals surface area contributed by atoms with Crippen LogP contribution in [0.4, 0.5) is 0 Å². The number of rotatable bonds is 7. The molecule has 2 rings (SSSR count). The maximum Gasteiger partial charge on any atom is 0.251 e. The van der Waals surface area contributed by atoms with Gasteiger partial charge in [-0.15, -0.1) is 24.0 Å². The molecule has 0 aliphatic carbocycles. The second-order valence-electron chi connectivity index (χ2n) is 5.90. The Morgan fingerprint density at radius 2 is 1.79 bits per heavy atom. The molecule has 0 unspecified atom stereocenters. The number of benzene rings is 2. The number of aliphatic imine (C=N–C) groups is 1. The number of halogens is 2. The summed E-state index contributed by atoms with van der Waals surface area (Å²) < 4.78 is 5.71. The minimum Gasteiger partial charge on any atom is -0.492 e. The van der Waals surface area contributed by atoms with Crippen molar-refractivity contribution in [2.75, 3.05) is 34.3 Å². The van der Waals surface area contributed by atoms with E-state index in [2.05, 4.69) is 15.6 Å². The third kappa shape index (κ3) is 7.55. The predicted octanol–water partition coefficient (Wildman–Crippen LogP) is 3.40. The summed E-state index contributed by atoms with van der Waals surface area (Å²) in [6.45, 7) is 1.82. The number of hydrogen-bond acceptors (Lipinski definition) is 3. The third-order valence-corrected chi connectivity index (χ3v) is 4.23. The highest BCUT2D eigenvalue weighted by Gasteiger charge is 2.07. The molecule has 2 aromatic rings. The third-order valence-electron chi connectivity index (χ3n) is 3.98. The van der Waals surface area contributed by atoms with E-state index in [-0.39, 0.29) is 29.9 Å². The fourth-order valence-corrected chi connectivity index (χ4v) is 2.55. The number of hydrogen-bond donors (Lipinski definition) is 2. The fraction of sp³-hybridized carbons (Fsp3) is 0.300. The van der Waals surface area contributed by atoms with Crippen molar-refractivity contribution >= 4 is 47.4 Å². The first-order valence-electron chi connectivity index (χ1n) is 8.64. The van der Waals surface area contributed by atoms with Crippen molar-refractivity contribution in [3.63, 3.8) is 0 Å². The zero-order chi connectivity index (χ0) is 19.6. The van der Waals surface area contributed by atoms with Crippen LogP contribution < -0.4 is 15.4 Å². The molecule has 8 heteroatoms. The average Bonchev–Trinajstić information content (AvgIpc) is 2.70. The number of ether oxygens (including phenoxy) is 1. The van der Waals surface area contributed by atoms with Gasteiger partial charge in [-0.1, -0.05) is 23.7 Å². The summed E-state index contributed by atoms with van der Waals surface area (Å²) in [5, 5.41) is 6.60. The molecule has 0 aromatic heterocycles. The van der Waals surface area contributed by atoms with Crippen LogP contribution in [0.5, 0.6) is 5.75 Å². The van der Waals surface area contributed by atoms with Gasteiger partial charge in [0.05, 0.1) is 6.54 Å². The van der Waals surface area contributed by atoms with Crippen molar-refractivity contribution in [1.82, 2.24) is 15.5 Å². The number of carbonyl (C=O) groups is 1. The van der Waals surface area contributed by atoms with Gasteiger partial charge in [-0.25, -0.2) is 0 Å². The molecular weight excluding hydrogens is 491 g/mol. The van der Waals surface area contributed by atoms with Crippen LogP contribution in [0.2, 0.25) is 5.02 Å². The normalized spacial score (nSPS) is 10.6. The molecule has 152 valence electrons. The van der Waals surface area contributed by atoms with Crippen LogP contribution in [-0.2, 0) is 6.54 Å². The Bertz CT molecular complexity index is 767. The largest absolute Gasteiger partial charge is 0.492 e. The lowest BCUT2D eigenvalue weighted by atomic mass is 10.1. The first-order chi connectivity index (χ1) is 13.0. The van der Waals surface area contributed by atoms with Crippen molar-refractivity contribution < 1.29 is 9.53 Å². The number of nitrogens with zero attached hydrogens (tertiary/aromatic N) is 2. The minimum absolute atomic E-state index is 0. The molecule has 1 amide bonds. The first kappa shape index (κ1) is 24.0. The van der Waals surface area contributed by atoms with Gasteiger partial charge in [0.15, 0.2) is 5.96 Å². The Hall–Kier alpha value is -2.00. The molecule has 0 heterocycles. The fourth-order valence-electron chi connectivity index (χ4n) is 2.42. The van der Waals surface area contributed by atoms with Crippen LogP contribution in [-0.4, -0.2) is 51.1 Å². The lowest BCUT2D eigenvalue weighted by molar-refractivity contribution is 0.0963. The molecule has 0 radical (unpaired) electrons. The van der Waals surface area contributed by atoms with Crippen LogP contribution in [0.3, 0.4) is 0 Å². The van der Waals surface area contributed by atoms with Crippen LogP contribution in [0.15, 0.2) is 53.5 Å². The molecule has 0 spiro atoms. The smallest absolute Gasteiger partial charge is 0.251 e. The van der Waals surface area contributed by atoms with Gasteiger partial charge in [-0.3, -0.25) is 9.79 Å². The molecule has 0 bridgehead atoms. The zero-order valence-corrected chi connectivity index (χ0v) is 19.3. The summed E-state index contributed by atoms with van der Waals surface area (Å²) in [7, 11) is 5.32. The van der Waals surface area contributed by atoms with E-state index < -0.39 is 0 Å². The number of amides is 1. The molecule has 2 N–H and O–H groups in total. The van der Waals surface area contributed by atoms with Crippen LogP contribution in [0, 0.1) is 0 Å². The maximum atomic E-state index is 11.6. The van der Waals surface area contributed by atoms with Crippen molar-refractivity contribution in [1.29, 1.82) is 0 Å². The number of nitrogens with one attached hydrogen (secondary N) is 2. The average molecular weight is 517 g/mol. The summed E-state index contributed by atoms with van der Waals surface area (Å²) in [4.78, 5) is 17.9. The summed E-state index contributed by atoms with van der Waals surface area (Å²) in [6.07, 6.45) is 0. The van der Waals surface area contributed by atoms with Gasteiger partial charge in [0.2, 0.25) is 0 Å². The van der Waals surface area contributed by atoms with E-state index in [1.807, 2.05) is 48.3 Å². The number of guanidine groups is 1. The summed E-state index contributed by atoms with van der Waals surface area (Å²) in [6, 6.07) is 14.8. The van der Waals surface area contributed by atoms with Crippen molar-refractivity contribution in [3.05, 3.63) is 64.7 Å². The topological polar surface area (TPSA) is 66.0 Å². The van der Waals surface area contributed by atoms with Crippen LogP contribution in [0.25, 0.3) is 0 Å². The van der Waals surface area contributed by atoms with E-state index in [9.17, 15) is 4.79 Å². The second-order valence-corrected chi connectivity index (χ2v) is 6.34. The first-order valence-corrected chi connectivity index (χ1v) is 9.02. The highest BCUT2D eigenvalue weighted by Crippen LogP contribution is 2.15. The minimum atomic E-state index is -0.0919. The monoisotopic (exact) mass is 516 g/mol. The highest BCUT2D eigenvalue weighted by molar-refractivity contribution is 14.0. The molecule has 0 saturated heterocycles. The number of carbonyl (C=O) groups excluding carboxylic acids is 1. The van der Waals surface area contributed by atoms with Crippen molar-refractivity contribution in [2.45, 2.75) is 6.54 Å². The van der Waals surface area contributed by atoms with Crippen molar-refractivity contribution in [2.24, 2.45) is 4.99 Å². The Labute approximate surface area is 188 Å². The quantitative estimate of drug-likeness (QED) is 0.336. The van der Waals surface area contributed by atoms with Gasteiger partial charge in [0.25, 0.3) is 5.91 Å². The summed E-state index contributed by atoms with van der Waals surface area (Å²) in [5.74, 6) is 1.46. The Morgan fingerprint density at radius 1 is 1.14 bits per heavy atom. The van der Waals surface area contributed by atoms with E-state index in [0.29, 0.717) is 30.3 Å². The summed E-state index contributed by atoms with van der Waals surface area (Å²) >= 11 is 5.87. The van der Waals surface area contributed by atoms with Gasteiger partial charge in [-0.05, 0) is 42.0 Å². The van der Waals surface area contributed by atoms with E-state index in [1.165, 1.54) is 0 Å². The van der Waals surface area contributed by atoms with E-state index >= 15 is 0 Å². The Morgan fingerprint density at radius 3 is 2.36 bits per heavy atom. The van der Waals surface area contributed by atoms with Gasteiger partial charge >= 0.3 is 0 Å². The molecule has 6 nitrogen and oxygen atoms in total. The zero-order valence-electron chi connectivity index (χ0n) is 16.2. The Balaban J connectivity index is 0.00000392. The molecule has 0 atom stereocenters. The van der Waals surface area contributed by atoms with Crippen LogP contribution in [0.1, 0.15) is 15.9 Å². The van der Waals surface area contributed by atoms with Crippen LogP contribution >= 0.6 is 35.6 Å². The summed E-state index contributed by atoms with van der Waals surface area (Å²) in [5.41, 5.74) is 1.71. The molecule has 28 heavy (non-hydrogen) atoms. The number of likely N-dealkylation sites (N-methyl/N-ethyl adjacent to an activating group) is 1. The molecule has 0 saturated carbocycles. The second kappa shape index (κ2) is 12.5. The van der Waals surface area contributed by atoms with E-state index in [0.717, 1.165) is 17.3 Å². The lowest BCUT2D eigenvalue weighted by Crippen LogP contribution is -2.40. The predicted molar refractivity (Wildman–Crippen MR) is 125 cm³/mol. The van der Waals surface area contributed by atoms with Gasteiger partial charge in [0.1, 0.15) is 12.4 Å². The SMILES string of the molecule is CN=C(NCc1ccc(C(=O)NC)cc1)N(C)CCOc1ccc(Cl)cc1.I. The molecule has 0 fully saturated rings. The van der Waals surface area contributed by atoms with Gasteiger partial charge in [-0.2, -0.15) is 0 Å². The molecule has 0 aliphatic heterocycles. The van der Waals surface area contributed by atoms with E-state index in [4.69, 9.17) is 16.3 Å². The van der Waals surface area contributed by atoms with E-state index in [1.54, 1.807) is 26.2 Å². The van der Waals surface area contributed by atoms with Gasteiger partial charge < -0.3 is 20.3 Å². The highest BCUT2D eigenvalue weighted by atomic mass is 127. The molecule has 0 aliphatic rings. The molecular formula is C20H26ClIN4O2. The van der Waals surface area contributed by atoms with Crippen molar-refractivity contribution in [3.8, 4) is 5.75 Å².